The summed E-state index contributed by atoms with van der Waals surface area (Å²) in [4.78, 5) is 39.4. The van der Waals surface area contributed by atoms with Crippen molar-refractivity contribution in [3.05, 3.63) is 64.6 Å². The first-order valence-electron chi connectivity index (χ1n) is 11.6. The molecule has 180 valence electrons. The minimum atomic E-state index is -0.383. The highest BCUT2D eigenvalue weighted by atomic mass is 32.2. The SMILES string of the molecule is Cc1cc(CNCC2CCN(c3nccc(/C=C4\SC(=O)NC4=O)n3)CC2)nc(-c2ccco2)c1. The minimum absolute atomic E-state index is 0.351. The van der Waals surface area contributed by atoms with Crippen LogP contribution in [0, 0.1) is 12.8 Å². The van der Waals surface area contributed by atoms with Gasteiger partial charge in [-0.25, -0.2) is 15.0 Å². The number of rotatable bonds is 7. The van der Waals surface area contributed by atoms with E-state index in [0.717, 1.165) is 66.9 Å². The van der Waals surface area contributed by atoms with E-state index in [1.165, 1.54) is 0 Å². The molecule has 0 aliphatic carbocycles. The largest absolute Gasteiger partial charge is 0.463 e. The van der Waals surface area contributed by atoms with Gasteiger partial charge < -0.3 is 14.6 Å². The Morgan fingerprint density at radius 1 is 1.23 bits per heavy atom. The number of amides is 2. The number of hydrogen-bond acceptors (Lipinski definition) is 9. The van der Waals surface area contributed by atoms with Crippen LogP contribution in [0.5, 0.6) is 0 Å². The predicted molar refractivity (Wildman–Crippen MR) is 134 cm³/mol. The van der Waals surface area contributed by atoms with Crippen molar-refractivity contribution >= 4 is 34.9 Å². The van der Waals surface area contributed by atoms with Crippen molar-refractivity contribution in [2.24, 2.45) is 5.92 Å². The Balaban J connectivity index is 1.12. The molecule has 0 spiro atoms. The maximum Gasteiger partial charge on any atom is 0.290 e. The second-order valence-electron chi connectivity index (χ2n) is 8.69. The molecule has 5 heterocycles. The van der Waals surface area contributed by atoms with E-state index in [4.69, 9.17) is 9.40 Å². The molecule has 3 aromatic heterocycles. The number of imide groups is 1. The second-order valence-corrected chi connectivity index (χ2v) is 9.71. The van der Waals surface area contributed by atoms with Gasteiger partial charge in [0.2, 0.25) is 5.95 Å². The van der Waals surface area contributed by atoms with Gasteiger partial charge in [-0.05, 0) is 86.0 Å². The lowest BCUT2D eigenvalue weighted by molar-refractivity contribution is -0.115. The molecular weight excluding hydrogens is 464 g/mol. The van der Waals surface area contributed by atoms with Gasteiger partial charge in [0.25, 0.3) is 11.1 Å². The minimum Gasteiger partial charge on any atom is -0.463 e. The van der Waals surface area contributed by atoms with Crippen molar-refractivity contribution in [1.29, 1.82) is 0 Å². The molecule has 9 nitrogen and oxygen atoms in total. The van der Waals surface area contributed by atoms with E-state index in [1.807, 2.05) is 18.2 Å². The standard InChI is InChI=1S/C25H26N6O3S/c1-16-11-19(28-20(12-16)21-3-2-10-34-21)15-26-14-17-5-8-31(9-6-17)24-27-7-4-18(29-24)13-22-23(32)30-25(33)35-22/h2-4,7,10-13,17,26H,5-6,8-9,14-15H2,1H3,(H,30,32,33)/b22-13-. The van der Waals surface area contributed by atoms with Gasteiger partial charge >= 0.3 is 0 Å². The van der Waals surface area contributed by atoms with E-state index >= 15 is 0 Å². The molecule has 2 aliphatic rings. The van der Waals surface area contributed by atoms with Crippen molar-refractivity contribution in [3.63, 3.8) is 0 Å². The lowest BCUT2D eigenvalue weighted by Gasteiger charge is -2.32. The van der Waals surface area contributed by atoms with Crippen molar-refractivity contribution in [3.8, 4) is 11.5 Å². The van der Waals surface area contributed by atoms with E-state index in [9.17, 15) is 9.59 Å². The highest BCUT2D eigenvalue weighted by molar-refractivity contribution is 8.18. The van der Waals surface area contributed by atoms with Gasteiger partial charge in [0.1, 0.15) is 5.69 Å². The first-order valence-corrected chi connectivity index (χ1v) is 12.4. The summed E-state index contributed by atoms with van der Waals surface area (Å²) in [6.07, 6.45) is 7.05. The van der Waals surface area contributed by atoms with Crippen molar-refractivity contribution < 1.29 is 14.0 Å². The summed E-state index contributed by atoms with van der Waals surface area (Å²) >= 11 is 0.888. The van der Waals surface area contributed by atoms with Crippen LogP contribution < -0.4 is 15.5 Å². The van der Waals surface area contributed by atoms with Gasteiger partial charge in [-0.1, -0.05) is 0 Å². The number of anilines is 1. The second kappa shape index (κ2) is 10.4. The Bertz CT molecular complexity index is 1250. The fourth-order valence-electron chi connectivity index (χ4n) is 4.27. The third kappa shape index (κ3) is 5.77. The first kappa shape index (κ1) is 23.3. The van der Waals surface area contributed by atoms with Crippen LogP contribution in [0.3, 0.4) is 0 Å². The number of aromatic nitrogens is 3. The van der Waals surface area contributed by atoms with Gasteiger partial charge in [0.05, 0.1) is 22.6 Å². The molecule has 5 rings (SSSR count). The zero-order chi connectivity index (χ0) is 24.2. The van der Waals surface area contributed by atoms with Gasteiger partial charge in [0.15, 0.2) is 5.76 Å². The summed E-state index contributed by atoms with van der Waals surface area (Å²) in [5, 5.41) is 5.46. The number of pyridine rings is 1. The lowest BCUT2D eigenvalue weighted by atomic mass is 9.97. The van der Waals surface area contributed by atoms with Crippen LogP contribution in [0.2, 0.25) is 0 Å². The van der Waals surface area contributed by atoms with Gasteiger partial charge in [-0.15, -0.1) is 0 Å². The fourth-order valence-corrected chi connectivity index (χ4v) is 4.94. The Kier molecular flexibility index (Phi) is 6.91. The van der Waals surface area contributed by atoms with Gasteiger partial charge in [0, 0.05) is 25.8 Å². The number of hydrogen-bond donors (Lipinski definition) is 2. The Morgan fingerprint density at radius 2 is 2.09 bits per heavy atom. The van der Waals surface area contributed by atoms with Crippen LogP contribution in [0.25, 0.3) is 17.5 Å². The summed E-state index contributed by atoms with van der Waals surface area (Å²) in [6, 6.07) is 9.67. The van der Waals surface area contributed by atoms with Gasteiger partial charge in [-0.2, -0.15) is 0 Å². The van der Waals surface area contributed by atoms with Crippen molar-refractivity contribution in [1.82, 2.24) is 25.6 Å². The highest BCUT2D eigenvalue weighted by Gasteiger charge is 2.25. The molecule has 2 saturated heterocycles. The van der Waals surface area contributed by atoms with Crippen LogP contribution >= 0.6 is 11.8 Å². The summed E-state index contributed by atoms with van der Waals surface area (Å²) < 4.78 is 5.49. The molecule has 0 radical (unpaired) electrons. The number of carbonyl (C=O) groups is 2. The molecule has 10 heteroatoms. The summed E-state index contributed by atoms with van der Waals surface area (Å²) in [7, 11) is 0. The average molecular weight is 491 g/mol. The monoisotopic (exact) mass is 490 g/mol. The number of aryl methyl sites for hydroxylation is 1. The third-order valence-electron chi connectivity index (χ3n) is 6.02. The zero-order valence-electron chi connectivity index (χ0n) is 19.4. The van der Waals surface area contributed by atoms with E-state index in [1.54, 1.807) is 24.6 Å². The van der Waals surface area contributed by atoms with Crippen LogP contribution in [-0.2, 0) is 11.3 Å². The lowest BCUT2D eigenvalue weighted by Crippen LogP contribution is -2.38. The third-order valence-corrected chi connectivity index (χ3v) is 6.83. The summed E-state index contributed by atoms with van der Waals surface area (Å²) in [6.45, 7) is 5.44. The van der Waals surface area contributed by atoms with Crippen LogP contribution in [-0.4, -0.2) is 45.7 Å². The highest BCUT2D eigenvalue weighted by Crippen LogP contribution is 2.26. The number of nitrogens with one attached hydrogen (secondary N) is 2. The Hall–Kier alpha value is -3.50. The number of furan rings is 1. The van der Waals surface area contributed by atoms with E-state index < -0.39 is 0 Å². The van der Waals surface area contributed by atoms with Crippen molar-refractivity contribution in [2.75, 3.05) is 24.5 Å². The molecule has 2 fully saturated rings. The van der Waals surface area contributed by atoms with E-state index in [0.29, 0.717) is 29.0 Å². The molecule has 0 atom stereocenters. The zero-order valence-corrected chi connectivity index (χ0v) is 20.2. The molecule has 0 unspecified atom stereocenters. The Morgan fingerprint density at radius 3 is 2.83 bits per heavy atom. The molecule has 35 heavy (non-hydrogen) atoms. The smallest absolute Gasteiger partial charge is 0.290 e. The summed E-state index contributed by atoms with van der Waals surface area (Å²) in [5.41, 5.74) is 3.64. The Labute approximate surface area is 207 Å². The molecule has 2 aliphatic heterocycles. The van der Waals surface area contributed by atoms with Gasteiger partial charge in [-0.3, -0.25) is 14.9 Å². The molecule has 3 aromatic rings. The first-order chi connectivity index (χ1) is 17.0. The number of piperidine rings is 1. The van der Waals surface area contributed by atoms with E-state index in [2.05, 4.69) is 38.5 Å². The number of nitrogens with zero attached hydrogens (tertiary/aromatic N) is 4. The molecule has 2 amide bonds. The van der Waals surface area contributed by atoms with Crippen LogP contribution in [0.1, 0.15) is 29.8 Å². The maximum atomic E-state index is 11.8. The van der Waals surface area contributed by atoms with Crippen LogP contribution in [0.4, 0.5) is 10.7 Å². The number of carbonyl (C=O) groups excluding carboxylic acids is 2. The maximum absolute atomic E-state index is 11.8. The molecule has 2 N–H and O–H groups in total. The normalized spacial score (nSPS) is 17.9. The molecule has 0 saturated carbocycles. The fraction of sp³-hybridized carbons (Fsp3) is 0.320. The van der Waals surface area contributed by atoms with E-state index in [-0.39, 0.29) is 11.1 Å². The number of thioether (sulfide) groups is 1. The topological polar surface area (TPSA) is 113 Å². The van der Waals surface area contributed by atoms with Crippen LogP contribution in [0.15, 0.2) is 52.1 Å². The summed E-state index contributed by atoms with van der Waals surface area (Å²) in [5.74, 6) is 1.61. The van der Waals surface area contributed by atoms with Crippen molar-refractivity contribution in [2.45, 2.75) is 26.3 Å². The molecule has 0 aromatic carbocycles. The quantitative estimate of drug-likeness (QED) is 0.478. The predicted octanol–water partition coefficient (Wildman–Crippen LogP) is 3.77. The molecule has 0 bridgehead atoms. The molecular formula is C25H26N6O3S. The average Bonchev–Trinajstić information content (AvgIpc) is 3.49.